The van der Waals surface area contributed by atoms with Crippen LogP contribution in [0.3, 0.4) is 0 Å². The number of hydrogen-bond donors (Lipinski definition) is 1. The Morgan fingerprint density at radius 2 is 1.76 bits per heavy atom. The van der Waals surface area contributed by atoms with Crippen molar-refractivity contribution < 1.29 is 13.5 Å². The highest BCUT2D eigenvalue weighted by molar-refractivity contribution is 9.26. The molecule has 0 saturated carbocycles. The molecule has 0 aliphatic carbocycles. The second-order valence-corrected chi connectivity index (χ2v) is 9.98. The first-order chi connectivity index (χ1) is 7.83. The molecule has 0 heterocycles. The molecule has 17 heavy (non-hydrogen) atoms. The summed E-state index contributed by atoms with van der Waals surface area (Å²) in [5.41, 5.74) is 0. The lowest BCUT2D eigenvalue weighted by molar-refractivity contribution is 0.259. The van der Waals surface area contributed by atoms with Gasteiger partial charge in [-0.3, -0.25) is 0 Å². The molecule has 0 amide bonds. The lowest BCUT2D eigenvalue weighted by Gasteiger charge is -2.34. The van der Waals surface area contributed by atoms with Crippen LogP contribution in [0.2, 0.25) is 0 Å². The highest BCUT2D eigenvalue weighted by Gasteiger charge is 2.53. The third-order valence-corrected chi connectivity index (χ3v) is 9.76. The van der Waals surface area contributed by atoms with E-state index in [4.69, 9.17) is 4.74 Å². The average molecular weight is 516 g/mol. The Bertz CT molecular complexity index is 400. The van der Waals surface area contributed by atoms with E-state index in [9.17, 15) is 8.76 Å². The van der Waals surface area contributed by atoms with Crippen molar-refractivity contribution in [1.82, 2.24) is 0 Å². The molecule has 1 aromatic carbocycles. The van der Waals surface area contributed by atoms with Crippen LogP contribution in [0.5, 0.6) is 5.75 Å². The van der Waals surface area contributed by atoms with E-state index in [0.29, 0.717) is 5.75 Å². The lowest BCUT2D eigenvalue weighted by Crippen LogP contribution is -2.49. The summed E-state index contributed by atoms with van der Waals surface area (Å²) in [4.78, 5) is 0. The predicted octanol–water partition coefficient (Wildman–Crippen LogP) is 4.22. The Hall–Kier alpha value is 1.05. The molecule has 0 aliphatic rings. The van der Waals surface area contributed by atoms with E-state index < -0.39 is 18.2 Å². The van der Waals surface area contributed by atoms with Gasteiger partial charge >= 0.3 is 0 Å². The summed E-state index contributed by atoms with van der Waals surface area (Å²) < 4.78 is 23.9. The smallest absolute Gasteiger partial charge is 0.247 e. The van der Waals surface area contributed by atoms with Gasteiger partial charge in [0.15, 0.2) is 14.7 Å². The highest BCUT2D eigenvalue weighted by Crippen LogP contribution is 2.47. The zero-order valence-electron chi connectivity index (χ0n) is 8.28. The Balaban J connectivity index is 2.98. The molecular formula is C9H8Br4O3S. The molecule has 8 heteroatoms. The van der Waals surface area contributed by atoms with Gasteiger partial charge < -0.3 is 9.29 Å². The SMILES string of the molecule is O=S(O)C(Br)(CBr)C(Br)(Br)Oc1ccccc1. The number of rotatable bonds is 5. The van der Waals surface area contributed by atoms with Crippen molar-refractivity contribution >= 4 is 74.8 Å². The van der Waals surface area contributed by atoms with Crippen molar-refractivity contribution in [2.24, 2.45) is 0 Å². The first-order valence-corrected chi connectivity index (χ1v) is 8.92. The molecule has 3 nitrogen and oxygen atoms in total. The zero-order valence-corrected chi connectivity index (χ0v) is 15.4. The van der Waals surface area contributed by atoms with Crippen molar-refractivity contribution in [3.8, 4) is 5.75 Å². The third kappa shape index (κ3) is 3.76. The number of para-hydroxylation sites is 1. The van der Waals surface area contributed by atoms with E-state index >= 15 is 0 Å². The van der Waals surface area contributed by atoms with Gasteiger partial charge in [0.25, 0.3) is 0 Å². The summed E-state index contributed by atoms with van der Waals surface area (Å²) in [7, 11) is 0. The van der Waals surface area contributed by atoms with Gasteiger partial charge in [-0.15, -0.1) is 0 Å². The maximum atomic E-state index is 11.4. The average Bonchev–Trinajstić information content (AvgIpc) is 2.28. The molecule has 0 saturated heterocycles. The van der Waals surface area contributed by atoms with Crippen LogP contribution in [0, 0.1) is 0 Å². The number of benzene rings is 1. The van der Waals surface area contributed by atoms with Gasteiger partial charge in [0.2, 0.25) is 3.42 Å². The first-order valence-electron chi connectivity index (χ1n) is 4.31. The molecule has 2 atom stereocenters. The van der Waals surface area contributed by atoms with Gasteiger partial charge in [-0.1, -0.05) is 50.1 Å². The molecule has 1 aromatic rings. The monoisotopic (exact) mass is 512 g/mol. The Labute approximate surface area is 135 Å². The zero-order chi connectivity index (χ0) is 13.1. The molecule has 0 aromatic heterocycles. The van der Waals surface area contributed by atoms with E-state index in [0.717, 1.165) is 0 Å². The number of ether oxygens (including phenoxy) is 1. The van der Waals surface area contributed by atoms with E-state index in [1.54, 1.807) is 12.1 Å². The minimum Gasteiger partial charge on any atom is -0.463 e. The Morgan fingerprint density at radius 3 is 2.18 bits per heavy atom. The fourth-order valence-corrected chi connectivity index (χ4v) is 4.58. The summed E-state index contributed by atoms with van der Waals surface area (Å²) in [5, 5.41) is 0.201. The van der Waals surface area contributed by atoms with Gasteiger partial charge in [-0.25, -0.2) is 4.21 Å². The van der Waals surface area contributed by atoms with Crippen LogP contribution in [-0.4, -0.2) is 21.2 Å². The van der Waals surface area contributed by atoms with Crippen molar-refractivity contribution in [2.75, 3.05) is 5.33 Å². The Kier molecular flexibility index (Phi) is 6.13. The van der Waals surface area contributed by atoms with Gasteiger partial charge in [0, 0.05) is 5.33 Å². The molecule has 0 bridgehead atoms. The van der Waals surface area contributed by atoms with E-state index in [1.807, 2.05) is 18.2 Å². The lowest BCUT2D eigenvalue weighted by atomic mass is 10.3. The van der Waals surface area contributed by atoms with Gasteiger partial charge in [-0.2, -0.15) is 0 Å². The fraction of sp³-hybridized carbons (Fsp3) is 0.333. The fourth-order valence-electron chi connectivity index (χ4n) is 0.939. The summed E-state index contributed by atoms with van der Waals surface area (Å²) in [6.07, 6.45) is 0. The van der Waals surface area contributed by atoms with Crippen LogP contribution in [-0.2, 0) is 11.1 Å². The molecular weight excluding hydrogens is 508 g/mol. The van der Waals surface area contributed by atoms with Crippen LogP contribution >= 0.6 is 63.7 Å². The molecule has 1 N–H and O–H groups in total. The minimum atomic E-state index is -2.16. The van der Waals surface area contributed by atoms with Crippen LogP contribution in [0.4, 0.5) is 0 Å². The van der Waals surface area contributed by atoms with Crippen LogP contribution in [0.15, 0.2) is 30.3 Å². The van der Waals surface area contributed by atoms with E-state index in [2.05, 4.69) is 63.7 Å². The van der Waals surface area contributed by atoms with Crippen molar-refractivity contribution in [3.05, 3.63) is 30.3 Å². The van der Waals surface area contributed by atoms with Crippen LogP contribution in [0.25, 0.3) is 0 Å². The largest absolute Gasteiger partial charge is 0.463 e. The summed E-state index contributed by atoms with van der Waals surface area (Å²) in [6.45, 7) is 0. The maximum absolute atomic E-state index is 11.4. The topological polar surface area (TPSA) is 46.5 Å². The van der Waals surface area contributed by atoms with Crippen molar-refractivity contribution in [2.45, 2.75) is 7.08 Å². The second-order valence-electron chi connectivity index (χ2n) is 3.04. The Morgan fingerprint density at radius 1 is 1.24 bits per heavy atom. The van der Waals surface area contributed by atoms with Crippen molar-refractivity contribution in [3.63, 3.8) is 0 Å². The minimum absolute atomic E-state index is 0.201. The quantitative estimate of drug-likeness (QED) is 0.472. The van der Waals surface area contributed by atoms with Crippen molar-refractivity contribution in [1.29, 1.82) is 0 Å². The van der Waals surface area contributed by atoms with Crippen LogP contribution < -0.4 is 4.74 Å². The standard InChI is InChI=1S/C9H8Br4O3S/c10-6-8(11,17(14)15)9(12,13)16-7-4-2-1-3-5-7/h1-5H,6H2,(H,14,15). The van der Waals surface area contributed by atoms with Gasteiger partial charge in [0.1, 0.15) is 5.75 Å². The molecule has 0 aliphatic heterocycles. The van der Waals surface area contributed by atoms with E-state index in [-0.39, 0.29) is 5.33 Å². The second kappa shape index (κ2) is 6.47. The maximum Gasteiger partial charge on any atom is 0.247 e. The van der Waals surface area contributed by atoms with Crippen LogP contribution in [0.1, 0.15) is 0 Å². The highest BCUT2D eigenvalue weighted by atomic mass is 79.9. The van der Waals surface area contributed by atoms with Gasteiger partial charge in [0.05, 0.1) is 0 Å². The summed E-state index contributed by atoms with van der Waals surface area (Å²) in [5.74, 6) is 0.566. The number of hydrogen-bond acceptors (Lipinski definition) is 2. The molecule has 96 valence electrons. The summed E-state index contributed by atoms with van der Waals surface area (Å²) in [6, 6.07) is 8.97. The molecule has 0 spiro atoms. The molecule has 1 rings (SSSR count). The van der Waals surface area contributed by atoms with Gasteiger partial charge in [-0.05, 0) is 44.0 Å². The normalized spacial score (nSPS) is 17.2. The molecule has 0 fully saturated rings. The third-order valence-electron chi connectivity index (χ3n) is 1.87. The first kappa shape index (κ1) is 16.1. The number of alkyl halides is 4. The molecule has 2 unspecified atom stereocenters. The molecule has 0 radical (unpaired) electrons. The van der Waals surface area contributed by atoms with E-state index in [1.165, 1.54) is 0 Å². The summed E-state index contributed by atoms with van der Waals surface area (Å²) >= 11 is 10.8. The number of halogens is 4. The predicted molar refractivity (Wildman–Crippen MR) is 83.9 cm³/mol.